The minimum Gasteiger partial charge on any atom is -0.379 e. The Morgan fingerprint density at radius 2 is 2.00 bits per heavy atom. The highest BCUT2D eigenvalue weighted by Crippen LogP contribution is 2.26. The lowest BCUT2D eigenvalue weighted by Gasteiger charge is -2.34. The highest BCUT2D eigenvalue weighted by atomic mass is 32.2. The van der Waals surface area contributed by atoms with Gasteiger partial charge in [-0.1, -0.05) is 6.07 Å². The van der Waals surface area contributed by atoms with E-state index in [1.807, 2.05) is 17.5 Å². The van der Waals surface area contributed by atoms with E-state index >= 15 is 0 Å². The van der Waals surface area contributed by atoms with Gasteiger partial charge in [-0.15, -0.1) is 11.3 Å². The van der Waals surface area contributed by atoms with Crippen molar-refractivity contribution in [3.05, 3.63) is 40.3 Å². The van der Waals surface area contributed by atoms with Gasteiger partial charge in [0.25, 0.3) is 5.91 Å². The first-order valence-electron chi connectivity index (χ1n) is 9.87. The highest BCUT2D eigenvalue weighted by molar-refractivity contribution is 7.89. The zero-order valence-corrected chi connectivity index (χ0v) is 17.8. The van der Waals surface area contributed by atoms with Crippen LogP contribution in [0.5, 0.6) is 0 Å². The fourth-order valence-corrected chi connectivity index (χ4v) is 5.69. The van der Waals surface area contributed by atoms with E-state index in [0.717, 1.165) is 43.9 Å². The van der Waals surface area contributed by atoms with Gasteiger partial charge >= 0.3 is 0 Å². The van der Waals surface area contributed by atoms with Gasteiger partial charge < -0.3 is 14.6 Å². The van der Waals surface area contributed by atoms with Crippen molar-refractivity contribution in [2.24, 2.45) is 0 Å². The summed E-state index contributed by atoms with van der Waals surface area (Å²) in [7, 11) is -3.73. The van der Waals surface area contributed by atoms with Crippen LogP contribution in [0.1, 0.15) is 34.2 Å². The summed E-state index contributed by atoms with van der Waals surface area (Å²) in [5, 5.41) is 2.00. The molecule has 0 radical (unpaired) electrons. The molecule has 2 N–H and O–H groups in total. The molecule has 29 heavy (non-hydrogen) atoms. The molecule has 0 saturated carbocycles. The van der Waals surface area contributed by atoms with Crippen molar-refractivity contribution in [1.82, 2.24) is 19.5 Å². The molecule has 4 rings (SSSR count). The van der Waals surface area contributed by atoms with Crippen LogP contribution < -0.4 is 4.72 Å². The molecule has 0 bridgehead atoms. The number of H-pyrrole nitrogens is 1. The van der Waals surface area contributed by atoms with Crippen molar-refractivity contribution in [3.63, 3.8) is 0 Å². The number of sulfonamides is 1. The molecule has 158 valence electrons. The summed E-state index contributed by atoms with van der Waals surface area (Å²) >= 11 is 1.62. The molecule has 2 aromatic heterocycles. The van der Waals surface area contributed by atoms with E-state index in [-0.39, 0.29) is 23.4 Å². The summed E-state index contributed by atoms with van der Waals surface area (Å²) in [6.07, 6.45) is 3.37. The minimum atomic E-state index is -3.73. The second-order valence-electron chi connectivity index (χ2n) is 7.28. The van der Waals surface area contributed by atoms with Crippen LogP contribution in [0.2, 0.25) is 0 Å². The van der Waals surface area contributed by atoms with E-state index < -0.39 is 10.0 Å². The normalized spacial score (nSPS) is 19.5. The Morgan fingerprint density at radius 1 is 1.24 bits per heavy atom. The predicted octanol–water partition coefficient (Wildman–Crippen LogP) is 1.66. The first kappa shape index (κ1) is 20.5. The summed E-state index contributed by atoms with van der Waals surface area (Å²) < 4.78 is 33.9. The number of amides is 1. The summed E-state index contributed by atoms with van der Waals surface area (Å²) in [5.41, 5.74) is 0.315. The lowest BCUT2D eigenvalue weighted by molar-refractivity contribution is 0.0179. The largest absolute Gasteiger partial charge is 0.379 e. The van der Waals surface area contributed by atoms with Crippen LogP contribution in [0.25, 0.3) is 0 Å². The first-order valence-corrected chi connectivity index (χ1v) is 12.2. The Morgan fingerprint density at radius 3 is 2.69 bits per heavy atom. The third-order valence-corrected chi connectivity index (χ3v) is 7.79. The smallest absolute Gasteiger partial charge is 0.270 e. The van der Waals surface area contributed by atoms with E-state index in [0.29, 0.717) is 18.9 Å². The van der Waals surface area contributed by atoms with Crippen molar-refractivity contribution in [2.45, 2.75) is 23.8 Å². The number of hydrogen-bond acceptors (Lipinski definition) is 6. The number of ether oxygens (including phenoxy) is 1. The monoisotopic (exact) mass is 438 g/mol. The molecular weight excluding hydrogens is 412 g/mol. The molecular formula is C19H26N4O4S2. The summed E-state index contributed by atoms with van der Waals surface area (Å²) in [5.74, 6) is -0.145. The van der Waals surface area contributed by atoms with Crippen molar-refractivity contribution in [3.8, 4) is 0 Å². The Balaban J connectivity index is 1.45. The zero-order valence-electron chi connectivity index (χ0n) is 16.2. The Kier molecular flexibility index (Phi) is 6.35. The lowest BCUT2D eigenvalue weighted by Crippen LogP contribution is -2.43. The number of aromatic nitrogens is 1. The number of aromatic amines is 1. The predicted molar refractivity (Wildman–Crippen MR) is 111 cm³/mol. The second-order valence-corrected chi connectivity index (χ2v) is 10.0. The van der Waals surface area contributed by atoms with Gasteiger partial charge in [0.15, 0.2) is 0 Å². The summed E-state index contributed by atoms with van der Waals surface area (Å²) in [6.45, 7) is 4.54. The number of hydrogen-bond donors (Lipinski definition) is 2. The van der Waals surface area contributed by atoms with Crippen molar-refractivity contribution in [2.75, 3.05) is 45.9 Å². The van der Waals surface area contributed by atoms with E-state index in [2.05, 4.69) is 14.6 Å². The van der Waals surface area contributed by atoms with Crippen LogP contribution >= 0.6 is 11.3 Å². The molecule has 0 spiro atoms. The van der Waals surface area contributed by atoms with E-state index in [1.165, 1.54) is 12.3 Å². The number of nitrogens with one attached hydrogen (secondary N) is 2. The molecule has 2 aromatic rings. The first-order chi connectivity index (χ1) is 14.0. The number of rotatable bonds is 7. The molecule has 0 aromatic carbocycles. The fraction of sp³-hybridized carbons (Fsp3) is 0.526. The molecule has 1 amide bonds. The Hall–Kier alpha value is -1.72. The highest BCUT2D eigenvalue weighted by Gasteiger charge is 2.27. The van der Waals surface area contributed by atoms with Crippen LogP contribution in [-0.2, 0) is 14.8 Å². The van der Waals surface area contributed by atoms with Crippen molar-refractivity contribution >= 4 is 27.3 Å². The maximum absolute atomic E-state index is 12.9. The number of likely N-dealkylation sites (tertiary alicyclic amines) is 1. The fourth-order valence-electron chi connectivity index (χ4n) is 3.80. The molecule has 10 heteroatoms. The van der Waals surface area contributed by atoms with Gasteiger partial charge in [0.1, 0.15) is 10.6 Å². The Bertz CT molecular complexity index is 914. The van der Waals surface area contributed by atoms with Crippen LogP contribution in [0.3, 0.4) is 0 Å². The van der Waals surface area contributed by atoms with Crippen LogP contribution in [-0.4, -0.2) is 75.0 Å². The molecule has 0 aliphatic carbocycles. The number of carbonyl (C=O) groups is 1. The molecule has 2 aliphatic heterocycles. The maximum Gasteiger partial charge on any atom is 0.270 e. The van der Waals surface area contributed by atoms with Gasteiger partial charge in [-0.25, -0.2) is 13.1 Å². The summed E-state index contributed by atoms with van der Waals surface area (Å²) in [4.78, 5) is 20.5. The zero-order chi connectivity index (χ0) is 20.3. The van der Waals surface area contributed by atoms with Gasteiger partial charge in [0, 0.05) is 43.8 Å². The lowest BCUT2D eigenvalue weighted by atomic mass is 10.2. The van der Waals surface area contributed by atoms with E-state index in [4.69, 9.17) is 4.74 Å². The van der Waals surface area contributed by atoms with Gasteiger partial charge in [-0.05, 0) is 30.4 Å². The molecule has 2 saturated heterocycles. The number of morpholine rings is 1. The number of carbonyl (C=O) groups excluding carboxylic acids is 1. The number of thiophene rings is 1. The van der Waals surface area contributed by atoms with Crippen LogP contribution in [0, 0.1) is 0 Å². The van der Waals surface area contributed by atoms with Crippen molar-refractivity contribution < 1.29 is 17.9 Å². The molecule has 1 atom stereocenters. The van der Waals surface area contributed by atoms with Gasteiger partial charge in [-0.2, -0.15) is 0 Å². The van der Waals surface area contributed by atoms with E-state index in [1.54, 1.807) is 16.2 Å². The van der Waals surface area contributed by atoms with Crippen LogP contribution in [0.4, 0.5) is 0 Å². The SMILES string of the molecule is O=C(c1cc(S(=O)(=O)NCC(c2cccs2)N2CCOCC2)c[nH]1)N1CCCC1. The van der Waals surface area contributed by atoms with Gasteiger partial charge in [0.2, 0.25) is 10.0 Å². The third-order valence-electron chi connectivity index (χ3n) is 5.42. The van der Waals surface area contributed by atoms with Crippen LogP contribution in [0.15, 0.2) is 34.7 Å². The topological polar surface area (TPSA) is 94.7 Å². The molecule has 1 unspecified atom stereocenters. The standard InChI is InChI=1S/C19H26N4O4S2/c24-19(23-5-1-2-6-23)16-12-15(13-20-16)29(25,26)21-14-17(18-4-3-11-28-18)22-7-9-27-10-8-22/h3-4,11-13,17,20-21H,1-2,5-10,14H2. The molecule has 2 fully saturated rings. The minimum absolute atomic E-state index is 0.0432. The van der Waals surface area contributed by atoms with Crippen molar-refractivity contribution in [1.29, 1.82) is 0 Å². The third kappa shape index (κ3) is 4.72. The molecule has 2 aliphatic rings. The number of nitrogens with zero attached hydrogens (tertiary/aromatic N) is 2. The average molecular weight is 439 g/mol. The van der Waals surface area contributed by atoms with E-state index in [9.17, 15) is 13.2 Å². The molecule has 4 heterocycles. The average Bonchev–Trinajstić information content (AvgIpc) is 3.51. The summed E-state index contributed by atoms with van der Waals surface area (Å²) in [6, 6.07) is 5.39. The van der Waals surface area contributed by atoms with Gasteiger partial charge in [0.05, 0.1) is 19.3 Å². The van der Waals surface area contributed by atoms with Gasteiger partial charge in [-0.3, -0.25) is 9.69 Å². The quantitative estimate of drug-likeness (QED) is 0.686. The second kappa shape index (κ2) is 8.97. The maximum atomic E-state index is 12.9. The Labute approximate surface area is 174 Å². The molecule has 8 nitrogen and oxygen atoms in total.